The molecule has 168 valence electrons. The van der Waals surface area contributed by atoms with Gasteiger partial charge in [-0.15, -0.1) is 0 Å². The number of hydrogen-bond acceptors (Lipinski definition) is 7. The molecular weight excluding hydrogens is 394 g/mol. The highest BCUT2D eigenvalue weighted by atomic mass is 16.5. The first-order valence-electron chi connectivity index (χ1n) is 10.8. The van der Waals surface area contributed by atoms with E-state index in [-0.39, 0.29) is 17.7 Å². The van der Waals surface area contributed by atoms with Gasteiger partial charge in [-0.05, 0) is 33.3 Å². The van der Waals surface area contributed by atoms with Crippen molar-refractivity contribution in [1.82, 2.24) is 19.9 Å². The summed E-state index contributed by atoms with van der Waals surface area (Å²) >= 11 is 0. The summed E-state index contributed by atoms with van der Waals surface area (Å²) in [5.41, 5.74) is 3.21. The zero-order valence-electron chi connectivity index (χ0n) is 19.6. The summed E-state index contributed by atoms with van der Waals surface area (Å²) in [6.07, 6.45) is 0. The first-order valence-corrected chi connectivity index (χ1v) is 10.8. The van der Waals surface area contributed by atoms with Gasteiger partial charge in [0.05, 0.1) is 24.4 Å². The Morgan fingerprint density at radius 1 is 1.06 bits per heavy atom. The minimum Gasteiger partial charge on any atom is -0.465 e. The maximum absolute atomic E-state index is 13.2. The molecule has 0 aliphatic carbocycles. The number of aromatic amines is 1. The SMILES string of the molecule is COC(=O)c1c(C)[nH]c(C(=O)[C@H](C)N2CCN(c3cc(C)nc(C(C)C)n3)CC2)c1C. The standard InChI is InChI=1S/C23H33N5O3/c1-13(2)22-24-14(3)12-18(26-22)28-10-8-27(9-11-28)17(6)21(29)20-15(4)19(16(5)25-20)23(30)31-7/h12-13,17,25H,8-11H2,1-7H3/t17-/m0/s1. The molecule has 8 nitrogen and oxygen atoms in total. The monoisotopic (exact) mass is 427 g/mol. The fourth-order valence-electron chi connectivity index (χ4n) is 4.11. The van der Waals surface area contributed by atoms with Crippen LogP contribution in [0.1, 0.15) is 70.3 Å². The number of nitrogens with zero attached hydrogens (tertiary/aromatic N) is 4. The largest absolute Gasteiger partial charge is 0.465 e. The third-order valence-corrected chi connectivity index (χ3v) is 6.01. The van der Waals surface area contributed by atoms with Crippen LogP contribution in [0.15, 0.2) is 6.07 Å². The lowest BCUT2D eigenvalue weighted by atomic mass is 10.0. The third kappa shape index (κ3) is 4.63. The number of aryl methyl sites for hydroxylation is 2. The number of carbonyl (C=O) groups is 2. The summed E-state index contributed by atoms with van der Waals surface area (Å²) in [4.78, 5) is 42.1. The van der Waals surface area contributed by atoms with Crippen LogP contribution in [-0.2, 0) is 4.74 Å². The van der Waals surface area contributed by atoms with Crippen molar-refractivity contribution in [1.29, 1.82) is 0 Å². The maximum atomic E-state index is 13.2. The van der Waals surface area contributed by atoms with Gasteiger partial charge in [0, 0.05) is 49.6 Å². The Balaban J connectivity index is 1.70. The second kappa shape index (κ2) is 9.18. The van der Waals surface area contributed by atoms with Crippen LogP contribution in [-0.4, -0.2) is 70.9 Å². The molecule has 0 amide bonds. The van der Waals surface area contributed by atoms with E-state index in [9.17, 15) is 9.59 Å². The highest BCUT2D eigenvalue weighted by molar-refractivity contribution is 6.03. The molecule has 1 N–H and O–H groups in total. The molecule has 0 spiro atoms. The molecule has 0 saturated carbocycles. The number of rotatable bonds is 6. The molecule has 2 aromatic rings. The third-order valence-electron chi connectivity index (χ3n) is 6.01. The van der Waals surface area contributed by atoms with E-state index < -0.39 is 5.97 Å². The summed E-state index contributed by atoms with van der Waals surface area (Å²) < 4.78 is 4.86. The molecule has 1 atom stereocenters. The second-order valence-corrected chi connectivity index (χ2v) is 8.56. The van der Waals surface area contributed by atoms with Gasteiger partial charge in [-0.3, -0.25) is 9.69 Å². The molecule has 1 aliphatic rings. The highest BCUT2D eigenvalue weighted by Crippen LogP contribution is 2.23. The lowest BCUT2D eigenvalue weighted by Crippen LogP contribution is -2.52. The zero-order chi connectivity index (χ0) is 22.9. The van der Waals surface area contributed by atoms with Crippen molar-refractivity contribution in [2.24, 2.45) is 0 Å². The fourth-order valence-corrected chi connectivity index (χ4v) is 4.11. The lowest BCUT2D eigenvalue weighted by Gasteiger charge is -2.38. The smallest absolute Gasteiger partial charge is 0.339 e. The van der Waals surface area contributed by atoms with Gasteiger partial charge in [0.15, 0.2) is 5.78 Å². The number of nitrogens with one attached hydrogen (secondary N) is 1. The number of anilines is 1. The Kier molecular flexibility index (Phi) is 6.79. The molecule has 2 aromatic heterocycles. The molecule has 0 aromatic carbocycles. The van der Waals surface area contributed by atoms with Crippen molar-refractivity contribution < 1.29 is 14.3 Å². The minimum atomic E-state index is -0.424. The van der Waals surface area contributed by atoms with E-state index in [1.54, 1.807) is 13.8 Å². The number of piperazine rings is 1. The predicted molar refractivity (Wildman–Crippen MR) is 120 cm³/mol. The summed E-state index contributed by atoms with van der Waals surface area (Å²) in [5.74, 6) is 1.66. The number of ether oxygens (including phenoxy) is 1. The van der Waals surface area contributed by atoms with Crippen LogP contribution in [0.2, 0.25) is 0 Å². The molecule has 8 heteroatoms. The van der Waals surface area contributed by atoms with Crippen LogP contribution in [0.25, 0.3) is 0 Å². The highest BCUT2D eigenvalue weighted by Gasteiger charge is 2.30. The van der Waals surface area contributed by atoms with Crippen molar-refractivity contribution in [3.05, 3.63) is 40.1 Å². The molecule has 0 radical (unpaired) electrons. The Morgan fingerprint density at radius 3 is 2.29 bits per heavy atom. The lowest BCUT2D eigenvalue weighted by molar-refractivity contribution is 0.0599. The fraction of sp³-hybridized carbons (Fsp3) is 0.565. The average molecular weight is 428 g/mol. The van der Waals surface area contributed by atoms with Gasteiger partial charge in [-0.25, -0.2) is 14.8 Å². The van der Waals surface area contributed by atoms with Gasteiger partial charge in [-0.1, -0.05) is 13.8 Å². The van der Waals surface area contributed by atoms with E-state index in [1.165, 1.54) is 7.11 Å². The van der Waals surface area contributed by atoms with E-state index >= 15 is 0 Å². The molecule has 1 aliphatic heterocycles. The van der Waals surface area contributed by atoms with Gasteiger partial charge in [0.1, 0.15) is 11.6 Å². The summed E-state index contributed by atoms with van der Waals surface area (Å²) in [6, 6.07) is 1.73. The topological polar surface area (TPSA) is 91.4 Å². The van der Waals surface area contributed by atoms with E-state index in [1.807, 2.05) is 19.9 Å². The molecular formula is C23H33N5O3. The number of hydrogen-bond donors (Lipinski definition) is 1. The van der Waals surface area contributed by atoms with E-state index in [0.717, 1.165) is 43.5 Å². The van der Waals surface area contributed by atoms with Gasteiger partial charge < -0.3 is 14.6 Å². The number of esters is 1. The Labute approximate surface area is 184 Å². The van der Waals surface area contributed by atoms with Gasteiger partial charge >= 0.3 is 5.97 Å². The van der Waals surface area contributed by atoms with Crippen LogP contribution >= 0.6 is 0 Å². The molecule has 3 rings (SSSR count). The first kappa shape index (κ1) is 22.9. The molecule has 1 fully saturated rings. The van der Waals surface area contributed by atoms with Crippen LogP contribution in [0, 0.1) is 20.8 Å². The zero-order valence-corrected chi connectivity index (χ0v) is 19.6. The first-order chi connectivity index (χ1) is 14.6. The quantitative estimate of drug-likeness (QED) is 0.560. The van der Waals surface area contributed by atoms with E-state index in [0.29, 0.717) is 22.5 Å². The predicted octanol–water partition coefficient (Wildman–Crippen LogP) is 3.03. The molecule has 0 bridgehead atoms. The van der Waals surface area contributed by atoms with Crippen LogP contribution in [0.4, 0.5) is 5.82 Å². The van der Waals surface area contributed by atoms with Crippen molar-refractivity contribution in [2.45, 2.75) is 53.5 Å². The maximum Gasteiger partial charge on any atom is 0.339 e. The Bertz CT molecular complexity index is 974. The van der Waals surface area contributed by atoms with E-state index in [2.05, 4.69) is 33.6 Å². The van der Waals surface area contributed by atoms with Crippen molar-refractivity contribution >= 4 is 17.6 Å². The number of ketones is 1. The van der Waals surface area contributed by atoms with Crippen molar-refractivity contribution in [3.8, 4) is 0 Å². The number of methoxy groups -OCH3 is 1. The second-order valence-electron chi connectivity index (χ2n) is 8.56. The molecule has 31 heavy (non-hydrogen) atoms. The summed E-state index contributed by atoms with van der Waals surface area (Å²) in [6.45, 7) is 14.8. The minimum absolute atomic E-state index is 0.0100. The van der Waals surface area contributed by atoms with E-state index in [4.69, 9.17) is 9.72 Å². The molecule has 1 saturated heterocycles. The van der Waals surface area contributed by atoms with Crippen molar-refractivity contribution in [2.75, 3.05) is 38.2 Å². The van der Waals surface area contributed by atoms with Gasteiger partial charge in [-0.2, -0.15) is 0 Å². The van der Waals surface area contributed by atoms with Crippen LogP contribution < -0.4 is 4.90 Å². The normalized spacial score (nSPS) is 15.9. The van der Waals surface area contributed by atoms with Gasteiger partial charge in [0.25, 0.3) is 0 Å². The van der Waals surface area contributed by atoms with Crippen LogP contribution in [0.3, 0.4) is 0 Å². The summed E-state index contributed by atoms with van der Waals surface area (Å²) in [7, 11) is 1.35. The Morgan fingerprint density at radius 2 is 1.71 bits per heavy atom. The van der Waals surface area contributed by atoms with Gasteiger partial charge in [0.2, 0.25) is 0 Å². The molecule has 3 heterocycles. The number of aromatic nitrogens is 3. The van der Waals surface area contributed by atoms with Crippen molar-refractivity contribution in [3.63, 3.8) is 0 Å². The number of Topliss-reactive ketones (excluding diaryl/α,β-unsaturated/α-hetero) is 1. The summed E-state index contributed by atoms with van der Waals surface area (Å²) in [5, 5.41) is 0. The average Bonchev–Trinajstić information content (AvgIpc) is 3.05. The number of H-pyrrole nitrogens is 1. The Hall–Kier alpha value is -2.74. The van der Waals surface area contributed by atoms with Crippen LogP contribution in [0.5, 0.6) is 0 Å². The molecule has 0 unspecified atom stereocenters. The number of carbonyl (C=O) groups excluding carboxylic acids is 2.